The number of nitrogens with zero attached hydrogens (tertiary/aromatic N) is 1. The van der Waals surface area contributed by atoms with Crippen molar-refractivity contribution in [1.82, 2.24) is 0 Å². The lowest BCUT2D eigenvalue weighted by atomic mass is 10.1. The first kappa shape index (κ1) is 13.4. The number of anilines is 1. The smallest absolute Gasteiger partial charge is 0.142 e. The molecule has 0 bridgehead atoms. The maximum absolute atomic E-state index is 13.3. The number of hydrogen-bond donors (Lipinski definition) is 1. The van der Waals surface area contributed by atoms with Crippen molar-refractivity contribution in [2.24, 2.45) is 0 Å². The van der Waals surface area contributed by atoms with E-state index in [4.69, 9.17) is 16.9 Å². The lowest BCUT2D eigenvalue weighted by Gasteiger charge is -2.11. The minimum Gasteiger partial charge on any atom is -0.380 e. The maximum atomic E-state index is 13.3. The number of aryl methyl sites for hydroxylation is 1. The maximum Gasteiger partial charge on any atom is 0.142 e. The molecule has 0 saturated heterocycles. The summed E-state index contributed by atoms with van der Waals surface area (Å²) in [6, 6.07) is 12.4. The van der Waals surface area contributed by atoms with Crippen LogP contribution in [0.5, 0.6) is 0 Å². The van der Waals surface area contributed by atoms with E-state index in [0.717, 1.165) is 11.3 Å². The molecule has 0 unspecified atom stereocenters. The number of rotatable bonds is 3. The monoisotopic (exact) mass is 274 g/mol. The van der Waals surface area contributed by atoms with Gasteiger partial charge in [0.15, 0.2) is 0 Å². The summed E-state index contributed by atoms with van der Waals surface area (Å²) in [7, 11) is 0. The lowest BCUT2D eigenvalue weighted by Crippen LogP contribution is -2.03. The Balaban J connectivity index is 2.22. The van der Waals surface area contributed by atoms with Gasteiger partial charge in [-0.2, -0.15) is 5.26 Å². The van der Waals surface area contributed by atoms with Crippen molar-refractivity contribution in [2.45, 2.75) is 13.5 Å². The molecule has 0 aliphatic heterocycles. The average molecular weight is 275 g/mol. The van der Waals surface area contributed by atoms with Crippen LogP contribution in [-0.4, -0.2) is 0 Å². The van der Waals surface area contributed by atoms with Crippen molar-refractivity contribution in [2.75, 3.05) is 5.32 Å². The highest BCUT2D eigenvalue weighted by Crippen LogP contribution is 2.23. The highest BCUT2D eigenvalue weighted by molar-refractivity contribution is 6.31. The summed E-state index contributed by atoms with van der Waals surface area (Å²) >= 11 is 5.88. The lowest BCUT2D eigenvalue weighted by molar-refractivity contribution is 0.626. The molecule has 0 atom stereocenters. The van der Waals surface area contributed by atoms with E-state index in [1.165, 1.54) is 6.07 Å². The van der Waals surface area contributed by atoms with Crippen molar-refractivity contribution < 1.29 is 4.39 Å². The fraction of sp³-hybridized carbons (Fsp3) is 0.133. The van der Waals surface area contributed by atoms with Crippen molar-refractivity contribution in [1.29, 1.82) is 5.26 Å². The SMILES string of the molecule is Cc1cccc(NCc2cccc(F)c2Cl)c1C#N. The Morgan fingerprint density at radius 1 is 1.26 bits per heavy atom. The zero-order chi connectivity index (χ0) is 13.8. The van der Waals surface area contributed by atoms with Crippen LogP contribution in [0.15, 0.2) is 36.4 Å². The Hall–Kier alpha value is -2.05. The molecule has 2 rings (SSSR count). The van der Waals surface area contributed by atoms with Crippen molar-refractivity contribution in [3.05, 3.63) is 63.9 Å². The van der Waals surface area contributed by atoms with Gasteiger partial charge >= 0.3 is 0 Å². The van der Waals surface area contributed by atoms with Crippen LogP contribution in [0.3, 0.4) is 0 Å². The summed E-state index contributed by atoms with van der Waals surface area (Å²) in [5.41, 5.74) is 2.88. The van der Waals surface area contributed by atoms with E-state index in [-0.39, 0.29) is 5.02 Å². The zero-order valence-corrected chi connectivity index (χ0v) is 11.1. The summed E-state index contributed by atoms with van der Waals surface area (Å²) in [6.07, 6.45) is 0. The highest BCUT2D eigenvalue weighted by Gasteiger charge is 2.08. The Labute approximate surface area is 116 Å². The van der Waals surface area contributed by atoms with Crippen LogP contribution in [0.2, 0.25) is 5.02 Å². The third kappa shape index (κ3) is 2.86. The second-order valence-electron chi connectivity index (χ2n) is 4.18. The van der Waals surface area contributed by atoms with Gasteiger partial charge in [-0.15, -0.1) is 0 Å². The molecule has 0 saturated carbocycles. The number of halogens is 2. The first-order valence-electron chi connectivity index (χ1n) is 5.80. The summed E-state index contributed by atoms with van der Waals surface area (Å²) in [6.45, 7) is 2.24. The van der Waals surface area contributed by atoms with E-state index in [2.05, 4.69) is 11.4 Å². The highest BCUT2D eigenvalue weighted by atomic mass is 35.5. The van der Waals surface area contributed by atoms with Crippen molar-refractivity contribution in [3.63, 3.8) is 0 Å². The van der Waals surface area contributed by atoms with E-state index >= 15 is 0 Å². The normalized spacial score (nSPS) is 10.0. The molecule has 0 aliphatic carbocycles. The van der Waals surface area contributed by atoms with Gasteiger partial charge in [0.1, 0.15) is 11.9 Å². The number of hydrogen-bond acceptors (Lipinski definition) is 2. The second-order valence-corrected chi connectivity index (χ2v) is 4.55. The zero-order valence-electron chi connectivity index (χ0n) is 10.4. The molecule has 0 amide bonds. The predicted octanol–water partition coefficient (Wildman–Crippen LogP) is 4.27. The van der Waals surface area contributed by atoms with Crippen LogP contribution in [-0.2, 0) is 6.54 Å². The molecular formula is C15H12ClFN2. The summed E-state index contributed by atoms with van der Waals surface area (Å²) < 4.78 is 13.3. The summed E-state index contributed by atoms with van der Waals surface area (Å²) in [5.74, 6) is -0.439. The minimum absolute atomic E-state index is 0.112. The number of nitriles is 1. The molecule has 96 valence electrons. The van der Waals surface area contributed by atoms with Gasteiger partial charge in [0.25, 0.3) is 0 Å². The molecule has 0 aliphatic rings. The van der Waals surface area contributed by atoms with Gasteiger partial charge in [-0.1, -0.05) is 35.9 Å². The van der Waals surface area contributed by atoms with E-state index in [1.807, 2.05) is 25.1 Å². The van der Waals surface area contributed by atoms with Crippen molar-refractivity contribution >= 4 is 17.3 Å². The largest absolute Gasteiger partial charge is 0.380 e. The summed E-state index contributed by atoms with van der Waals surface area (Å²) in [4.78, 5) is 0. The van der Waals surface area contributed by atoms with Gasteiger partial charge in [0.05, 0.1) is 16.3 Å². The fourth-order valence-corrected chi connectivity index (χ4v) is 2.03. The molecule has 2 nitrogen and oxygen atoms in total. The molecule has 0 aromatic heterocycles. The molecule has 0 fully saturated rings. The third-order valence-corrected chi connectivity index (χ3v) is 3.31. The van der Waals surface area contributed by atoms with Gasteiger partial charge in [0.2, 0.25) is 0 Å². The van der Waals surface area contributed by atoms with E-state index in [9.17, 15) is 4.39 Å². The quantitative estimate of drug-likeness (QED) is 0.907. The molecule has 19 heavy (non-hydrogen) atoms. The number of nitrogens with one attached hydrogen (secondary N) is 1. The standard InChI is InChI=1S/C15H12ClFN2/c1-10-4-2-7-14(12(10)8-18)19-9-11-5-3-6-13(17)15(11)16/h2-7,19H,9H2,1H3. The summed E-state index contributed by atoms with van der Waals surface area (Å²) in [5, 5.41) is 12.3. The van der Waals surface area contributed by atoms with Gasteiger partial charge < -0.3 is 5.32 Å². The van der Waals surface area contributed by atoms with Crippen LogP contribution in [0, 0.1) is 24.1 Å². The van der Waals surface area contributed by atoms with E-state index in [0.29, 0.717) is 17.7 Å². The first-order valence-corrected chi connectivity index (χ1v) is 6.17. The predicted molar refractivity (Wildman–Crippen MR) is 74.6 cm³/mol. The molecule has 2 aromatic carbocycles. The average Bonchev–Trinajstić information content (AvgIpc) is 2.40. The molecular weight excluding hydrogens is 263 g/mol. The Bertz CT molecular complexity index is 647. The second kappa shape index (κ2) is 5.73. The van der Waals surface area contributed by atoms with Gasteiger partial charge in [-0.3, -0.25) is 0 Å². The molecule has 1 N–H and O–H groups in total. The minimum atomic E-state index is -0.439. The fourth-order valence-electron chi connectivity index (χ4n) is 1.84. The molecule has 4 heteroatoms. The van der Waals surface area contributed by atoms with Gasteiger partial charge in [-0.05, 0) is 30.2 Å². The molecule has 0 spiro atoms. The molecule has 2 aromatic rings. The Kier molecular flexibility index (Phi) is 4.03. The topological polar surface area (TPSA) is 35.8 Å². The molecule has 0 radical (unpaired) electrons. The Morgan fingerprint density at radius 3 is 2.74 bits per heavy atom. The third-order valence-electron chi connectivity index (χ3n) is 2.89. The van der Waals surface area contributed by atoms with Crippen LogP contribution >= 0.6 is 11.6 Å². The number of benzene rings is 2. The van der Waals surface area contributed by atoms with Gasteiger partial charge in [-0.25, -0.2) is 4.39 Å². The van der Waals surface area contributed by atoms with Crippen LogP contribution in [0.1, 0.15) is 16.7 Å². The van der Waals surface area contributed by atoms with Crippen LogP contribution in [0.4, 0.5) is 10.1 Å². The van der Waals surface area contributed by atoms with Crippen molar-refractivity contribution in [3.8, 4) is 6.07 Å². The molecule has 0 heterocycles. The van der Waals surface area contributed by atoms with E-state index in [1.54, 1.807) is 12.1 Å². The Morgan fingerprint density at radius 2 is 2.00 bits per heavy atom. The van der Waals surface area contributed by atoms with E-state index < -0.39 is 5.82 Å². The van der Waals surface area contributed by atoms with Gasteiger partial charge in [0, 0.05) is 6.54 Å². The van der Waals surface area contributed by atoms with Crippen LogP contribution in [0.25, 0.3) is 0 Å². The van der Waals surface area contributed by atoms with Crippen LogP contribution < -0.4 is 5.32 Å². The first-order chi connectivity index (χ1) is 9.13.